The molecule has 0 spiro atoms. The molecule has 0 radical (unpaired) electrons. The molecule has 2 N–H and O–H groups in total. The number of aromatic nitrogens is 3. The molecule has 9 heteroatoms. The molecule has 0 bridgehead atoms. The van der Waals surface area contributed by atoms with Gasteiger partial charge in [0.15, 0.2) is 5.65 Å². The Morgan fingerprint density at radius 1 is 1.22 bits per heavy atom. The van der Waals surface area contributed by atoms with Gasteiger partial charge in [0.2, 0.25) is 0 Å². The Balaban J connectivity index is 2.27. The van der Waals surface area contributed by atoms with Crippen molar-refractivity contribution in [3.63, 3.8) is 0 Å². The van der Waals surface area contributed by atoms with Crippen molar-refractivity contribution < 1.29 is 8.78 Å². The monoisotopic (exact) mass is 430 g/mol. The number of pyridine rings is 1. The highest BCUT2D eigenvalue weighted by atomic mass is 127. The van der Waals surface area contributed by atoms with E-state index >= 15 is 0 Å². The molecule has 0 aliphatic carbocycles. The van der Waals surface area contributed by atoms with Crippen LogP contribution in [-0.4, -0.2) is 14.5 Å². The molecule has 6 nitrogen and oxygen atoms in total. The Labute approximate surface area is 141 Å². The van der Waals surface area contributed by atoms with E-state index in [0.29, 0.717) is 3.57 Å². The van der Waals surface area contributed by atoms with Gasteiger partial charge in [-0.1, -0.05) is 0 Å². The molecule has 2 aromatic heterocycles. The van der Waals surface area contributed by atoms with Crippen LogP contribution in [0.1, 0.15) is 0 Å². The Morgan fingerprint density at radius 2 is 1.96 bits per heavy atom. The summed E-state index contributed by atoms with van der Waals surface area (Å²) >= 11 is 1.96. The molecule has 3 aromatic rings. The number of hydrogen-bond donors (Lipinski definition) is 2. The molecule has 3 rings (SSSR count). The van der Waals surface area contributed by atoms with Crippen molar-refractivity contribution in [2.45, 2.75) is 0 Å². The summed E-state index contributed by atoms with van der Waals surface area (Å²) in [5.41, 5.74) is -1.27. The van der Waals surface area contributed by atoms with Crippen LogP contribution in [-0.2, 0) is 7.05 Å². The summed E-state index contributed by atoms with van der Waals surface area (Å²) in [6.07, 6.45) is -1.10. The van der Waals surface area contributed by atoms with Crippen molar-refractivity contribution in [3.8, 4) is 0 Å². The first-order valence-corrected chi connectivity index (χ1v) is 7.46. The fourth-order valence-electron chi connectivity index (χ4n) is 2.15. The molecule has 0 unspecified atom stereocenters. The van der Waals surface area contributed by atoms with Crippen LogP contribution in [0.4, 0.5) is 20.2 Å². The molecule has 0 aliphatic rings. The SMILES string of the molecule is Cn1c(=O)cc(Nc2ccc(I)cc2F)c2c(=O)[nH]c(F)nc21. The topological polar surface area (TPSA) is 79.8 Å². The van der Waals surface area contributed by atoms with Crippen molar-refractivity contribution in [3.05, 3.63) is 60.4 Å². The maximum Gasteiger partial charge on any atom is 0.291 e. The minimum absolute atomic E-state index is 0.0357. The van der Waals surface area contributed by atoms with Gasteiger partial charge in [-0.05, 0) is 40.8 Å². The predicted octanol–water partition coefficient (Wildman–Crippen LogP) is 2.25. The maximum atomic E-state index is 14.0. The summed E-state index contributed by atoms with van der Waals surface area (Å²) in [6.45, 7) is 0. The molecule has 0 saturated carbocycles. The number of benzene rings is 1. The summed E-state index contributed by atoms with van der Waals surface area (Å²) in [6, 6.07) is 5.58. The molecule has 0 atom stereocenters. The van der Waals surface area contributed by atoms with E-state index in [1.165, 1.54) is 19.2 Å². The number of rotatable bonds is 2. The highest BCUT2D eigenvalue weighted by Gasteiger charge is 2.14. The summed E-state index contributed by atoms with van der Waals surface area (Å²) in [4.78, 5) is 29.5. The van der Waals surface area contributed by atoms with Gasteiger partial charge in [-0.3, -0.25) is 19.1 Å². The third-order valence-corrected chi connectivity index (χ3v) is 3.93. The quantitative estimate of drug-likeness (QED) is 0.483. The Kier molecular flexibility index (Phi) is 3.88. The largest absolute Gasteiger partial charge is 0.352 e. The normalized spacial score (nSPS) is 11.0. The first-order valence-electron chi connectivity index (χ1n) is 6.38. The molecule has 0 fully saturated rings. The average Bonchev–Trinajstić information content (AvgIpc) is 2.46. The lowest BCUT2D eigenvalue weighted by Crippen LogP contribution is -2.23. The predicted molar refractivity (Wildman–Crippen MR) is 90.0 cm³/mol. The number of aryl methyl sites for hydroxylation is 1. The van der Waals surface area contributed by atoms with E-state index in [0.717, 1.165) is 10.6 Å². The van der Waals surface area contributed by atoms with Crippen LogP contribution in [0.5, 0.6) is 0 Å². The van der Waals surface area contributed by atoms with Crippen molar-refractivity contribution in [2.24, 2.45) is 7.05 Å². The summed E-state index contributed by atoms with van der Waals surface area (Å²) < 4.78 is 29.0. The number of H-pyrrole nitrogens is 1. The second kappa shape index (κ2) is 5.72. The van der Waals surface area contributed by atoms with Crippen LogP contribution < -0.4 is 16.4 Å². The second-order valence-corrected chi connectivity index (χ2v) is 6.01. The molecular formula is C14H9F2IN4O2. The van der Waals surface area contributed by atoms with Gasteiger partial charge >= 0.3 is 0 Å². The van der Waals surface area contributed by atoms with Crippen LogP contribution in [0.25, 0.3) is 11.0 Å². The number of hydrogen-bond acceptors (Lipinski definition) is 4. The lowest BCUT2D eigenvalue weighted by atomic mass is 10.2. The van der Waals surface area contributed by atoms with E-state index in [-0.39, 0.29) is 22.4 Å². The number of fused-ring (bicyclic) bond motifs is 1. The standard InChI is InChI=1S/C14H9F2IN4O2/c1-21-10(22)5-9(11-12(21)19-14(16)20-13(11)23)18-8-3-2-6(17)4-7(8)15/h2-5,18H,1H3,(H,19,20,23). The van der Waals surface area contributed by atoms with Crippen LogP contribution in [0, 0.1) is 15.5 Å². The highest BCUT2D eigenvalue weighted by Crippen LogP contribution is 2.24. The van der Waals surface area contributed by atoms with Crippen LogP contribution in [0.3, 0.4) is 0 Å². The van der Waals surface area contributed by atoms with E-state index in [9.17, 15) is 18.4 Å². The number of halogens is 3. The minimum atomic E-state index is -1.10. The van der Waals surface area contributed by atoms with Gasteiger partial charge in [0.1, 0.15) is 11.2 Å². The Morgan fingerprint density at radius 3 is 2.65 bits per heavy atom. The van der Waals surface area contributed by atoms with Crippen LogP contribution in [0.15, 0.2) is 33.9 Å². The minimum Gasteiger partial charge on any atom is -0.352 e. The molecule has 118 valence electrons. The van der Waals surface area contributed by atoms with E-state index < -0.39 is 23.0 Å². The third-order valence-electron chi connectivity index (χ3n) is 3.26. The lowest BCUT2D eigenvalue weighted by Gasteiger charge is -2.11. The van der Waals surface area contributed by atoms with E-state index in [4.69, 9.17) is 0 Å². The van der Waals surface area contributed by atoms with Crippen molar-refractivity contribution >= 4 is 45.0 Å². The number of nitrogens with zero attached hydrogens (tertiary/aromatic N) is 2. The fraction of sp³-hybridized carbons (Fsp3) is 0.0714. The zero-order valence-corrected chi connectivity index (χ0v) is 13.8. The summed E-state index contributed by atoms with van der Waals surface area (Å²) in [5, 5.41) is 2.66. The number of anilines is 2. The molecular weight excluding hydrogens is 421 g/mol. The van der Waals surface area contributed by atoms with Gasteiger partial charge in [0.25, 0.3) is 17.2 Å². The summed E-state index contributed by atoms with van der Waals surface area (Å²) in [5.74, 6) is -0.544. The van der Waals surface area contributed by atoms with Crippen molar-refractivity contribution in [1.82, 2.24) is 14.5 Å². The van der Waals surface area contributed by atoms with Crippen LogP contribution >= 0.6 is 22.6 Å². The zero-order valence-electron chi connectivity index (χ0n) is 11.7. The van der Waals surface area contributed by atoms with Crippen molar-refractivity contribution in [2.75, 3.05) is 5.32 Å². The van der Waals surface area contributed by atoms with Gasteiger partial charge in [0, 0.05) is 16.7 Å². The first-order chi connectivity index (χ1) is 10.9. The molecule has 0 aliphatic heterocycles. The van der Waals surface area contributed by atoms with E-state index in [1.54, 1.807) is 6.07 Å². The first kappa shape index (κ1) is 15.6. The van der Waals surface area contributed by atoms with Gasteiger partial charge in [-0.25, -0.2) is 4.39 Å². The second-order valence-electron chi connectivity index (χ2n) is 4.76. The molecule has 1 aromatic carbocycles. The zero-order chi connectivity index (χ0) is 16.7. The number of aromatic amines is 1. The average molecular weight is 430 g/mol. The summed E-state index contributed by atoms with van der Waals surface area (Å²) in [7, 11) is 1.37. The van der Waals surface area contributed by atoms with Crippen molar-refractivity contribution in [1.29, 1.82) is 0 Å². The third kappa shape index (κ3) is 2.83. The van der Waals surface area contributed by atoms with Gasteiger partial charge in [-0.2, -0.15) is 9.37 Å². The fourth-order valence-corrected chi connectivity index (χ4v) is 2.60. The molecule has 0 amide bonds. The smallest absolute Gasteiger partial charge is 0.291 e. The van der Waals surface area contributed by atoms with E-state index in [1.807, 2.05) is 27.6 Å². The Hall–Kier alpha value is -2.30. The van der Waals surface area contributed by atoms with Crippen LogP contribution in [0.2, 0.25) is 0 Å². The lowest BCUT2D eigenvalue weighted by molar-refractivity contribution is 0.537. The van der Waals surface area contributed by atoms with Gasteiger partial charge in [0.05, 0.1) is 11.4 Å². The molecule has 23 heavy (non-hydrogen) atoms. The van der Waals surface area contributed by atoms with E-state index in [2.05, 4.69) is 10.3 Å². The number of nitrogens with one attached hydrogen (secondary N) is 2. The Bertz CT molecular complexity index is 1050. The van der Waals surface area contributed by atoms with Gasteiger partial charge in [-0.15, -0.1) is 0 Å². The molecule has 2 heterocycles. The molecule has 0 saturated heterocycles. The maximum absolute atomic E-state index is 14.0. The highest BCUT2D eigenvalue weighted by molar-refractivity contribution is 14.1. The van der Waals surface area contributed by atoms with Gasteiger partial charge < -0.3 is 5.32 Å².